The fourth-order valence-electron chi connectivity index (χ4n) is 1.98. The van der Waals surface area contributed by atoms with Crippen LogP contribution in [0.2, 0.25) is 0 Å². The maximum absolute atomic E-state index is 12.3. The van der Waals surface area contributed by atoms with Gasteiger partial charge in [-0.2, -0.15) is 0 Å². The van der Waals surface area contributed by atoms with Crippen molar-refractivity contribution in [3.8, 4) is 0 Å². The molecule has 1 saturated carbocycles. The zero-order valence-corrected chi connectivity index (χ0v) is 10.7. The molecule has 1 aromatic rings. The number of carbonyl (C=O) groups excluding carboxylic acids is 1. The van der Waals surface area contributed by atoms with Gasteiger partial charge in [0.25, 0.3) is 5.91 Å². The molecule has 0 aromatic carbocycles. The second-order valence-electron chi connectivity index (χ2n) is 4.94. The largest absolute Gasteiger partial charge is 0.480 e. The van der Waals surface area contributed by atoms with E-state index in [-0.39, 0.29) is 12.5 Å². The summed E-state index contributed by atoms with van der Waals surface area (Å²) in [5, 5.41) is 8.89. The van der Waals surface area contributed by atoms with E-state index in [1.807, 2.05) is 20.0 Å². The van der Waals surface area contributed by atoms with Crippen LogP contribution in [-0.2, 0) is 11.8 Å². The number of aryl methyl sites for hydroxylation is 1. The topological polar surface area (TPSA) is 62.5 Å². The minimum atomic E-state index is -0.963. The number of carboxylic acid groups (broad SMARTS) is 1. The summed E-state index contributed by atoms with van der Waals surface area (Å²) in [6, 6.07) is 3.61. The third-order valence-corrected chi connectivity index (χ3v) is 3.38. The summed E-state index contributed by atoms with van der Waals surface area (Å²) in [6.07, 6.45) is 2.19. The second-order valence-corrected chi connectivity index (χ2v) is 4.94. The second kappa shape index (κ2) is 4.84. The summed E-state index contributed by atoms with van der Waals surface area (Å²) < 4.78 is 1.80. The number of nitrogens with zero attached hydrogens (tertiary/aromatic N) is 2. The van der Waals surface area contributed by atoms with Crippen LogP contribution in [0.15, 0.2) is 12.1 Å². The first-order valence-corrected chi connectivity index (χ1v) is 6.12. The van der Waals surface area contributed by atoms with Gasteiger partial charge >= 0.3 is 5.97 Å². The Morgan fingerprint density at radius 2 is 2.11 bits per heavy atom. The van der Waals surface area contributed by atoms with E-state index in [2.05, 4.69) is 0 Å². The summed E-state index contributed by atoms with van der Waals surface area (Å²) in [7, 11) is 1.82. The lowest BCUT2D eigenvalue weighted by molar-refractivity contribution is -0.137. The Labute approximate surface area is 106 Å². The van der Waals surface area contributed by atoms with Crippen molar-refractivity contribution in [2.24, 2.45) is 13.0 Å². The molecule has 1 aliphatic carbocycles. The molecule has 0 radical (unpaired) electrons. The van der Waals surface area contributed by atoms with E-state index in [0.717, 1.165) is 18.5 Å². The molecule has 0 spiro atoms. The van der Waals surface area contributed by atoms with Gasteiger partial charge in [0.1, 0.15) is 12.2 Å². The highest BCUT2D eigenvalue weighted by molar-refractivity contribution is 5.94. The molecule has 1 N–H and O–H groups in total. The lowest BCUT2D eigenvalue weighted by atomic mass is 10.3. The van der Waals surface area contributed by atoms with E-state index in [9.17, 15) is 9.59 Å². The Kier molecular flexibility index (Phi) is 3.41. The molecule has 98 valence electrons. The summed E-state index contributed by atoms with van der Waals surface area (Å²) in [4.78, 5) is 24.6. The van der Waals surface area contributed by atoms with E-state index in [4.69, 9.17) is 5.11 Å². The molecule has 0 bridgehead atoms. The lowest BCUT2D eigenvalue weighted by Gasteiger charge is -2.21. The van der Waals surface area contributed by atoms with Gasteiger partial charge in [-0.3, -0.25) is 9.59 Å². The van der Waals surface area contributed by atoms with E-state index in [1.165, 1.54) is 4.90 Å². The molecule has 0 unspecified atom stereocenters. The van der Waals surface area contributed by atoms with Crippen LogP contribution >= 0.6 is 0 Å². The summed E-state index contributed by atoms with van der Waals surface area (Å²) in [5.41, 5.74) is 1.54. The Bertz CT molecular complexity index is 475. The highest BCUT2D eigenvalue weighted by Gasteiger charge is 2.29. The molecule has 1 heterocycles. The number of hydrogen-bond donors (Lipinski definition) is 1. The van der Waals surface area contributed by atoms with Crippen molar-refractivity contribution in [1.29, 1.82) is 0 Å². The monoisotopic (exact) mass is 250 g/mol. The SMILES string of the molecule is Cc1ccc(C(=O)N(CC(=O)O)CC2CC2)n1C. The van der Waals surface area contributed by atoms with Crippen LogP contribution in [0.5, 0.6) is 0 Å². The van der Waals surface area contributed by atoms with Gasteiger partial charge in [0.15, 0.2) is 0 Å². The molecule has 0 atom stereocenters. The van der Waals surface area contributed by atoms with E-state index >= 15 is 0 Å². The van der Waals surface area contributed by atoms with Crippen LogP contribution in [-0.4, -0.2) is 39.5 Å². The number of amides is 1. The highest BCUT2D eigenvalue weighted by atomic mass is 16.4. The van der Waals surface area contributed by atoms with E-state index < -0.39 is 5.97 Å². The summed E-state index contributed by atoms with van der Waals surface area (Å²) >= 11 is 0. The molecule has 0 aliphatic heterocycles. The zero-order chi connectivity index (χ0) is 13.3. The first kappa shape index (κ1) is 12.7. The molecule has 1 aliphatic rings. The quantitative estimate of drug-likeness (QED) is 0.856. The number of hydrogen-bond acceptors (Lipinski definition) is 2. The van der Waals surface area contributed by atoms with Crippen LogP contribution in [0.1, 0.15) is 29.0 Å². The van der Waals surface area contributed by atoms with Crippen LogP contribution in [0.4, 0.5) is 0 Å². The molecule has 1 amide bonds. The first-order chi connectivity index (χ1) is 8.49. The van der Waals surface area contributed by atoms with Gasteiger partial charge in [-0.1, -0.05) is 0 Å². The predicted octanol–water partition coefficient (Wildman–Crippen LogP) is 1.27. The molecule has 5 heteroatoms. The molecule has 0 saturated heterocycles. The van der Waals surface area contributed by atoms with Crippen LogP contribution in [0.25, 0.3) is 0 Å². The van der Waals surface area contributed by atoms with Gasteiger partial charge in [-0.15, -0.1) is 0 Å². The van der Waals surface area contributed by atoms with Gasteiger partial charge in [0, 0.05) is 19.3 Å². The van der Waals surface area contributed by atoms with Crippen molar-refractivity contribution >= 4 is 11.9 Å². The summed E-state index contributed by atoms with van der Waals surface area (Å²) in [5.74, 6) is -0.676. The molecular formula is C13H18N2O3. The Morgan fingerprint density at radius 1 is 1.44 bits per heavy atom. The fourth-order valence-corrected chi connectivity index (χ4v) is 1.98. The minimum Gasteiger partial charge on any atom is -0.480 e. The van der Waals surface area contributed by atoms with Gasteiger partial charge in [-0.05, 0) is 37.8 Å². The van der Waals surface area contributed by atoms with Gasteiger partial charge < -0.3 is 14.6 Å². The number of aromatic nitrogens is 1. The Morgan fingerprint density at radius 3 is 2.56 bits per heavy atom. The van der Waals surface area contributed by atoms with E-state index in [0.29, 0.717) is 18.2 Å². The lowest BCUT2D eigenvalue weighted by Crippen LogP contribution is -2.38. The third-order valence-electron chi connectivity index (χ3n) is 3.38. The van der Waals surface area contributed by atoms with Crippen molar-refractivity contribution in [1.82, 2.24) is 9.47 Å². The number of rotatable bonds is 5. The number of aliphatic carboxylic acids is 1. The van der Waals surface area contributed by atoms with Gasteiger partial charge in [-0.25, -0.2) is 0 Å². The molecule has 1 fully saturated rings. The van der Waals surface area contributed by atoms with Gasteiger partial charge in [0.2, 0.25) is 0 Å². The Balaban J connectivity index is 2.15. The molecule has 2 rings (SSSR count). The molecule has 18 heavy (non-hydrogen) atoms. The average molecular weight is 250 g/mol. The molecular weight excluding hydrogens is 232 g/mol. The first-order valence-electron chi connectivity index (χ1n) is 6.12. The Hall–Kier alpha value is -1.78. The maximum atomic E-state index is 12.3. The van der Waals surface area contributed by atoms with Crippen LogP contribution in [0, 0.1) is 12.8 Å². The van der Waals surface area contributed by atoms with Crippen molar-refractivity contribution in [3.05, 3.63) is 23.5 Å². The highest BCUT2D eigenvalue weighted by Crippen LogP contribution is 2.30. The van der Waals surface area contributed by atoms with Crippen molar-refractivity contribution in [3.63, 3.8) is 0 Å². The van der Waals surface area contributed by atoms with Crippen molar-refractivity contribution in [2.75, 3.05) is 13.1 Å². The van der Waals surface area contributed by atoms with Crippen molar-refractivity contribution in [2.45, 2.75) is 19.8 Å². The fraction of sp³-hybridized carbons (Fsp3) is 0.538. The normalized spacial score (nSPS) is 14.6. The average Bonchev–Trinajstić information content (AvgIpc) is 3.05. The number of carboxylic acids is 1. The molecule has 1 aromatic heterocycles. The molecule has 5 nitrogen and oxygen atoms in total. The smallest absolute Gasteiger partial charge is 0.323 e. The minimum absolute atomic E-state index is 0.195. The predicted molar refractivity (Wildman–Crippen MR) is 66.4 cm³/mol. The van der Waals surface area contributed by atoms with Crippen LogP contribution < -0.4 is 0 Å². The van der Waals surface area contributed by atoms with Crippen molar-refractivity contribution < 1.29 is 14.7 Å². The zero-order valence-electron chi connectivity index (χ0n) is 10.7. The summed E-state index contributed by atoms with van der Waals surface area (Å²) in [6.45, 7) is 2.24. The third kappa shape index (κ3) is 2.72. The number of carbonyl (C=O) groups is 2. The van der Waals surface area contributed by atoms with Gasteiger partial charge in [0.05, 0.1) is 0 Å². The maximum Gasteiger partial charge on any atom is 0.323 e. The van der Waals surface area contributed by atoms with Crippen LogP contribution in [0.3, 0.4) is 0 Å². The van der Waals surface area contributed by atoms with E-state index in [1.54, 1.807) is 10.6 Å². The standard InChI is InChI=1S/C13H18N2O3/c1-9-3-6-11(14(9)2)13(18)15(8-12(16)17)7-10-4-5-10/h3,6,10H,4-5,7-8H2,1-2H3,(H,16,17).